The van der Waals surface area contributed by atoms with E-state index in [9.17, 15) is 0 Å². The second-order valence-corrected chi connectivity index (χ2v) is 6.50. The van der Waals surface area contributed by atoms with Gasteiger partial charge in [-0.2, -0.15) is 4.37 Å². The number of hydrogen-bond acceptors (Lipinski definition) is 5. The third-order valence-electron chi connectivity index (χ3n) is 1.43. The van der Waals surface area contributed by atoms with Gasteiger partial charge in [0.2, 0.25) is 5.13 Å². The molecule has 0 bridgehead atoms. The van der Waals surface area contributed by atoms with Gasteiger partial charge in [0.15, 0.2) is 5.82 Å². The van der Waals surface area contributed by atoms with Crippen LogP contribution in [0.25, 0.3) is 0 Å². The van der Waals surface area contributed by atoms with Crippen molar-refractivity contribution in [3.05, 3.63) is 5.82 Å². The fraction of sp³-hybridized carbons (Fsp3) is 0.778. The monoisotopic (exact) mass is 231 g/mol. The van der Waals surface area contributed by atoms with Crippen molar-refractivity contribution in [3.8, 4) is 0 Å². The summed E-state index contributed by atoms with van der Waals surface area (Å²) in [4.78, 5) is 4.38. The maximum Gasteiger partial charge on any atom is 0.202 e. The van der Waals surface area contributed by atoms with Gasteiger partial charge in [0.25, 0.3) is 0 Å². The Morgan fingerprint density at radius 3 is 2.71 bits per heavy atom. The number of thioether (sulfide) groups is 1. The summed E-state index contributed by atoms with van der Waals surface area (Å²) in [5.41, 5.74) is 0. The zero-order chi connectivity index (χ0) is 10.6. The smallest absolute Gasteiger partial charge is 0.202 e. The van der Waals surface area contributed by atoms with Crippen LogP contribution in [0.5, 0.6) is 0 Å². The Morgan fingerprint density at radius 2 is 2.14 bits per heavy atom. The van der Waals surface area contributed by atoms with E-state index in [4.69, 9.17) is 0 Å². The maximum absolute atomic E-state index is 4.38. The van der Waals surface area contributed by atoms with Crippen LogP contribution in [0.2, 0.25) is 0 Å². The lowest BCUT2D eigenvalue weighted by Gasteiger charge is -2.15. The van der Waals surface area contributed by atoms with E-state index < -0.39 is 0 Å². The van der Waals surface area contributed by atoms with Crippen molar-refractivity contribution >= 4 is 28.4 Å². The van der Waals surface area contributed by atoms with Gasteiger partial charge in [-0.25, -0.2) is 4.98 Å². The fourth-order valence-corrected chi connectivity index (χ4v) is 2.24. The van der Waals surface area contributed by atoms with Crippen LogP contribution in [-0.4, -0.2) is 20.6 Å². The largest absolute Gasteiger partial charge is 0.361 e. The molecule has 1 aromatic heterocycles. The molecule has 0 aliphatic rings. The van der Waals surface area contributed by atoms with E-state index in [0.29, 0.717) is 0 Å². The van der Waals surface area contributed by atoms with Crippen LogP contribution in [0.1, 0.15) is 33.5 Å². The van der Waals surface area contributed by atoms with E-state index in [2.05, 4.69) is 42.4 Å². The molecular formula is C9H17N3S2. The second kappa shape index (κ2) is 4.98. The third-order valence-corrected chi connectivity index (χ3v) is 3.41. The summed E-state index contributed by atoms with van der Waals surface area (Å²) >= 11 is 3.31. The lowest BCUT2D eigenvalue weighted by atomic mass is 10.3. The quantitative estimate of drug-likeness (QED) is 0.864. The van der Waals surface area contributed by atoms with Crippen molar-refractivity contribution in [1.82, 2.24) is 9.36 Å². The summed E-state index contributed by atoms with van der Waals surface area (Å²) < 4.78 is 4.57. The Bertz CT molecular complexity index is 278. The molecule has 0 aliphatic carbocycles. The van der Waals surface area contributed by atoms with E-state index in [1.165, 1.54) is 11.5 Å². The van der Waals surface area contributed by atoms with Gasteiger partial charge in [-0.1, -0.05) is 20.8 Å². The van der Waals surface area contributed by atoms with Crippen molar-refractivity contribution in [3.63, 3.8) is 0 Å². The Hall–Kier alpha value is -0.290. The van der Waals surface area contributed by atoms with E-state index in [-0.39, 0.29) is 4.75 Å². The van der Waals surface area contributed by atoms with Crippen LogP contribution >= 0.6 is 23.3 Å². The maximum atomic E-state index is 4.38. The third kappa shape index (κ3) is 4.28. The molecule has 0 unspecified atom stereocenters. The summed E-state index contributed by atoms with van der Waals surface area (Å²) in [6.07, 6.45) is 0. The normalized spacial score (nSPS) is 11.7. The first-order valence-corrected chi connectivity index (χ1v) is 6.47. The zero-order valence-electron chi connectivity index (χ0n) is 9.13. The second-order valence-electron chi connectivity index (χ2n) is 3.95. The minimum atomic E-state index is 0.281. The van der Waals surface area contributed by atoms with Crippen LogP contribution in [0.3, 0.4) is 0 Å². The van der Waals surface area contributed by atoms with Gasteiger partial charge in [0.05, 0.1) is 5.75 Å². The van der Waals surface area contributed by atoms with Crippen LogP contribution in [0, 0.1) is 0 Å². The van der Waals surface area contributed by atoms with Crippen molar-refractivity contribution < 1.29 is 0 Å². The Balaban J connectivity index is 2.44. The molecule has 0 fully saturated rings. The summed E-state index contributed by atoms with van der Waals surface area (Å²) in [6.45, 7) is 9.58. The molecule has 1 N–H and O–H groups in total. The molecule has 0 spiro atoms. The molecular weight excluding hydrogens is 214 g/mol. The van der Waals surface area contributed by atoms with E-state index in [1.54, 1.807) is 0 Å². The van der Waals surface area contributed by atoms with Gasteiger partial charge in [-0.15, -0.1) is 11.8 Å². The molecule has 1 aromatic rings. The molecule has 0 aromatic carbocycles. The van der Waals surface area contributed by atoms with Crippen molar-refractivity contribution in [1.29, 1.82) is 0 Å². The van der Waals surface area contributed by atoms with Crippen LogP contribution in [-0.2, 0) is 5.75 Å². The van der Waals surface area contributed by atoms with E-state index in [0.717, 1.165) is 23.3 Å². The van der Waals surface area contributed by atoms with Crippen molar-refractivity contribution in [2.75, 3.05) is 11.9 Å². The Labute approximate surface area is 93.9 Å². The molecule has 0 saturated heterocycles. The topological polar surface area (TPSA) is 37.8 Å². The summed E-state index contributed by atoms with van der Waals surface area (Å²) in [7, 11) is 0. The highest BCUT2D eigenvalue weighted by molar-refractivity contribution is 7.99. The highest BCUT2D eigenvalue weighted by atomic mass is 32.2. The average molecular weight is 231 g/mol. The first kappa shape index (κ1) is 11.8. The van der Waals surface area contributed by atoms with Gasteiger partial charge in [0.1, 0.15) is 0 Å². The van der Waals surface area contributed by atoms with Gasteiger partial charge in [-0.3, -0.25) is 0 Å². The number of hydrogen-bond donors (Lipinski definition) is 1. The molecule has 1 rings (SSSR count). The molecule has 0 radical (unpaired) electrons. The molecule has 3 nitrogen and oxygen atoms in total. The summed E-state index contributed by atoms with van der Waals surface area (Å²) in [5, 5.41) is 4.09. The predicted molar refractivity (Wildman–Crippen MR) is 65.1 cm³/mol. The van der Waals surface area contributed by atoms with Crippen LogP contribution in [0.15, 0.2) is 0 Å². The Morgan fingerprint density at radius 1 is 1.43 bits per heavy atom. The van der Waals surface area contributed by atoms with Crippen molar-refractivity contribution in [2.45, 2.75) is 38.2 Å². The zero-order valence-corrected chi connectivity index (χ0v) is 10.8. The standard InChI is InChI=1S/C9H17N3S2/c1-5-10-8-11-7(12-14-8)6-13-9(2,3)4/h5-6H2,1-4H3,(H,10,11,12). The minimum absolute atomic E-state index is 0.281. The SMILES string of the molecule is CCNc1nc(CSC(C)(C)C)ns1. The molecule has 0 amide bonds. The fourth-order valence-electron chi connectivity index (χ4n) is 0.817. The van der Waals surface area contributed by atoms with Crippen molar-refractivity contribution in [2.24, 2.45) is 0 Å². The van der Waals surface area contributed by atoms with E-state index >= 15 is 0 Å². The number of rotatable bonds is 4. The number of nitrogens with one attached hydrogen (secondary N) is 1. The van der Waals surface area contributed by atoms with Gasteiger partial charge in [-0.05, 0) is 6.92 Å². The summed E-state index contributed by atoms with van der Waals surface area (Å²) in [5.74, 6) is 1.83. The van der Waals surface area contributed by atoms with E-state index in [1.807, 2.05) is 11.8 Å². The highest BCUT2D eigenvalue weighted by Gasteiger charge is 2.12. The van der Waals surface area contributed by atoms with Gasteiger partial charge >= 0.3 is 0 Å². The lowest BCUT2D eigenvalue weighted by molar-refractivity contribution is 0.801. The molecule has 5 heteroatoms. The van der Waals surface area contributed by atoms with Crippen LogP contribution < -0.4 is 5.32 Å². The average Bonchev–Trinajstić information content (AvgIpc) is 2.49. The molecule has 0 aliphatic heterocycles. The van der Waals surface area contributed by atoms with Gasteiger partial charge < -0.3 is 5.32 Å². The highest BCUT2D eigenvalue weighted by Crippen LogP contribution is 2.27. The predicted octanol–water partition coefficient (Wildman–Crippen LogP) is 3.00. The first-order chi connectivity index (χ1) is 6.51. The lowest BCUT2D eigenvalue weighted by Crippen LogP contribution is -2.07. The molecule has 14 heavy (non-hydrogen) atoms. The number of anilines is 1. The molecule has 1 heterocycles. The van der Waals surface area contributed by atoms with Crippen LogP contribution in [0.4, 0.5) is 5.13 Å². The molecule has 0 saturated carbocycles. The molecule has 80 valence electrons. The minimum Gasteiger partial charge on any atom is -0.361 e. The summed E-state index contributed by atoms with van der Waals surface area (Å²) in [6, 6.07) is 0. The van der Waals surface area contributed by atoms with Gasteiger partial charge in [0, 0.05) is 22.8 Å². The number of nitrogens with zero attached hydrogens (tertiary/aromatic N) is 2. The number of aromatic nitrogens is 2. The Kier molecular flexibility index (Phi) is 4.19. The first-order valence-electron chi connectivity index (χ1n) is 4.71. The molecule has 0 atom stereocenters.